The molecule has 0 saturated heterocycles. The quantitative estimate of drug-likeness (QED) is 0.467. The molecular formula is C23H16ClF2N3O. The minimum atomic E-state index is -0.854. The molecule has 0 saturated carbocycles. The van der Waals surface area contributed by atoms with Gasteiger partial charge in [-0.25, -0.2) is 8.78 Å². The number of hydrogen-bond donors (Lipinski definition) is 1. The maximum atomic E-state index is 14.5. The second-order valence-corrected chi connectivity index (χ2v) is 7.08. The molecule has 4 aromatic rings. The van der Waals surface area contributed by atoms with Gasteiger partial charge in [-0.2, -0.15) is 0 Å². The summed E-state index contributed by atoms with van der Waals surface area (Å²) in [6.07, 6.45) is 3.04. The number of aromatic nitrogens is 2. The van der Waals surface area contributed by atoms with Gasteiger partial charge in [0.2, 0.25) is 0 Å². The maximum absolute atomic E-state index is 14.5. The zero-order valence-corrected chi connectivity index (χ0v) is 16.4. The van der Waals surface area contributed by atoms with Crippen LogP contribution in [0.15, 0.2) is 73.1 Å². The Balaban J connectivity index is 1.71. The molecule has 0 bridgehead atoms. The van der Waals surface area contributed by atoms with Gasteiger partial charge in [-0.1, -0.05) is 35.9 Å². The molecule has 150 valence electrons. The van der Waals surface area contributed by atoms with Crippen LogP contribution >= 0.6 is 11.6 Å². The molecule has 1 atom stereocenters. The van der Waals surface area contributed by atoms with Crippen molar-refractivity contribution in [3.63, 3.8) is 0 Å². The summed E-state index contributed by atoms with van der Waals surface area (Å²) >= 11 is 6.22. The van der Waals surface area contributed by atoms with Crippen LogP contribution in [0.1, 0.15) is 33.2 Å². The first-order chi connectivity index (χ1) is 14.6. The molecule has 0 spiro atoms. The molecule has 0 aliphatic heterocycles. The van der Waals surface area contributed by atoms with Crippen LogP contribution in [0.25, 0.3) is 10.9 Å². The summed E-state index contributed by atoms with van der Waals surface area (Å²) in [6.45, 7) is -0.610. The molecular weight excluding hydrogens is 408 g/mol. The van der Waals surface area contributed by atoms with Crippen molar-refractivity contribution in [3.8, 4) is 0 Å². The number of carbonyl (C=O) groups excluding carboxylic acids is 1. The van der Waals surface area contributed by atoms with Gasteiger partial charge >= 0.3 is 0 Å². The molecule has 1 N–H and O–H groups in total. The van der Waals surface area contributed by atoms with E-state index in [2.05, 4.69) is 15.3 Å². The van der Waals surface area contributed by atoms with Gasteiger partial charge in [0, 0.05) is 23.3 Å². The zero-order chi connectivity index (χ0) is 21.1. The van der Waals surface area contributed by atoms with E-state index in [1.807, 2.05) is 0 Å². The molecule has 0 radical (unpaired) electrons. The Morgan fingerprint density at radius 2 is 1.83 bits per heavy atom. The van der Waals surface area contributed by atoms with Gasteiger partial charge in [0.25, 0.3) is 5.91 Å². The predicted octanol–water partition coefficient (Wildman–Crippen LogP) is 5.41. The van der Waals surface area contributed by atoms with E-state index in [4.69, 9.17) is 11.6 Å². The molecule has 1 amide bonds. The third-order valence-corrected chi connectivity index (χ3v) is 5.08. The number of benzene rings is 2. The highest BCUT2D eigenvalue weighted by atomic mass is 35.5. The van der Waals surface area contributed by atoms with E-state index in [-0.39, 0.29) is 5.69 Å². The van der Waals surface area contributed by atoms with Crippen molar-refractivity contribution in [2.75, 3.05) is 0 Å². The van der Waals surface area contributed by atoms with Gasteiger partial charge in [-0.15, -0.1) is 0 Å². The minimum Gasteiger partial charge on any atom is -0.339 e. The summed E-state index contributed by atoms with van der Waals surface area (Å²) < 4.78 is 27.4. The maximum Gasteiger partial charge on any atom is 0.252 e. The molecule has 7 heteroatoms. The van der Waals surface area contributed by atoms with Crippen molar-refractivity contribution < 1.29 is 13.6 Å². The standard InChI is InChI=1S/C23H16ClF2N3O/c24-18-9-11-27-20-8-7-16(12-17(18)20)23(30)29-21(22-19(26)2-1-10-28-22)15-5-3-14(13-25)4-6-15/h1-12,21H,13H2,(H,29,30)/t21-/m0/s1. The number of nitrogens with one attached hydrogen (secondary N) is 1. The lowest BCUT2D eigenvalue weighted by atomic mass is 10.0. The molecule has 0 unspecified atom stereocenters. The van der Waals surface area contributed by atoms with Crippen LogP contribution in [0, 0.1) is 5.82 Å². The third kappa shape index (κ3) is 4.00. The van der Waals surface area contributed by atoms with Crippen molar-refractivity contribution >= 4 is 28.4 Å². The first kappa shape index (κ1) is 19.9. The first-order valence-electron chi connectivity index (χ1n) is 9.17. The monoisotopic (exact) mass is 423 g/mol. The van der Waals surface area contributed by atoms with E-state index in [9.17, 15) is 13.6 Å². The highest BCUT2D eigenvalue weighted by molar-refractivity contribution is 6.35. The highest BCUT2D eigenvalue weighted by Crippen LogP contribution is 2.26. The van der Waals surface area contributed by atoms with Gasteiger partial charge in [0.15, 0.2) is 0 Å². The SMILES string of the molecule is O=C(N[C@@H](c1ccc(CF)cc1)c1ncccc1F)c1ccc2nccc(Cl)c2c1. The van der Waals surface area contributed by atoms with Crippen LogP contribution in [0.5, 0.6) is 0 Å². The summed E-state index contributed by atoms with van der Waals surface area (Å²) in [5.41, 5.74) is 2.15. The Kier molecular flexibility index (Phi) is 5.68. The average Bonchev–Trinajstić information content (AvgIpc) is 2.78. The Labute approximate surface area is 176 Å². The number of hydrogen-bond acceptors (Lipinski definition) is 3. The smallest absolute Gasteiger partial charge is 0.252 e. The van der Waals surface area contributed by atoms with Crippen LogP contribution in [0.4, 0.5) is 8.78 Å². The number of fused-ring (bicyclic) bond motifs is 1. The third-order valence-electron chi connectivity index (χ3n) is 4.75. The van der Waals surface area contributed by atoms with Crippen LogP contribution in [-0.4, -0.2) is 15.9 Å². The van der Waals surface area contributed by atoms with Gasteiger partial charge < -0.3 is 5.32 Å². The highest BCUT2D eigenvalue weighted by Gasteiger charge is 2.22. The molecule has 0 fully saturated rings. The van der Waals surface area contributed by atoms with E-state index in [0.717, 1.165) is 0 Å². The van der Waals surface area contributed by atoms with Crippen LogP contribution in [-0.2, 0) is 6.67 Å². The Morgan fingerprint density at radius 3 is 2.57 bits per heavy atom. The number of rotatable bonds is 5. The predicted molar refractivity (Wildman–Crippen MR) is 112 cm³/mol. The molecule has 2 heterocycles. The molecule has 4 nitrogen and oxygen atoms in total. The van der Waals surface area contributed by atoms with Crippen molar-refractivity contribution in [1.82, 2.24) is 15.3 Å². The molecule has 0 aliphatic rings. The molecule has 4 rings (SSSR count). The lowest BCUT2D eigenvalue weighted by Crippen LogP contribution is -2.30. The fourth-order valence-electron chi connectivity index (χ4n) is 3.19. The fraction of sp³-hybridized carbons (Fsp3) is 0.0870. The van der Waals surface area contributed by atoms with Crippen LogP contribution in [0.3, 0.4) is 0 Å². The lowest BCUT2D eigenvalue weighted by Gasteiger charge is -2.20. The second kappa shape index (κ2) is 8.55. The first-order valence-corrected chi connectivity index (χ1v) is 9.55. The summed E-state index contributed by atoms with van der Waals surface area (Å²) in [7, 11) is 0. The number of alkyl halides is 1. The van der Waals surface area contributed by atoms with Gasteiger partial charge in [-0.05, 0) is 47.5 Å². The van der Waals surface area contributed by atoms with Crippen molar-refractivity contribution in [2.45, 2.75) is 12.7 Å². The molecule has 0 aliphatic carbocycles. The van der Waals surface area contributed by atoms with E-state index in [1.54, 1.807) is 54.7 Å². The Hall–Kier alpha value is -3.38. The average molecular weight is 424 g/mol. The van der Waals surface area contributed by atoms with Gasteiger partial charge in [-0.3, -0.25) is 14.8 Å². The van der Waals surface area contributed by atoms with Crippen LogP contribution < -0.4 is 5.32 Å². The summed E-state index contributed by atoms with van der Waals surface area (Å²) in [5, 5.41) is 3.94. The number of halogens is 3. The largest absolute Gasteiger partial charge is 0.339 e. The van der Waals surface area contributed by atoms with E-state index in [1.165, 1.54) is 18.3 Å². The van der Waals surface area contributed by atoms with E-state index in [0.29, 0.717) is 32.6 Å². The number of carbonyl (C=O) groups is 1. The number of amides is 1. The van der Waals surface area contributed by atoms with E-state index >= 15 is 0 Å². The summed E-state index contributed by atoms with van der Waals surface area (Å²) in [5.74, 6) is -0.982. The lowest BCUT2D eigenvalue weighted by molar-refractivity contribution is 0.0942. The molecule has 30 heavy (non-hydrogen) atoms. The number of pyridine rings is 2. The van der Waals surface area contributed by atoms with Crippen molar-refractivity contribution in [3.05, 3.63) is 106 Å². The second-order valence-electron chi connectivity index (χ2n) is 6.68. The van der Waals surface area contributed by atoms with Gasteiger partial charge in [0.1, 0.15) is 18.2 Å². The van der Waals surface area contributed by atoms with Crippen molar-refractivity contribution in [2.24, 2.45) is 0 Å². The molecule has 2 aromatic heterocycles. The normalized spacial score (nSPS) is 12.0. The van der Waals surface area contributed by atoms with Gasteiger partial charge in [0.05, 0.1) is 16.6 Å². The zero-order valence-electron chi connectivity index (χ0n) is 15.6. The van der Waals surface area contributed by atoms with E-state index < -0.39 is 24.4 Å². The fourth-order valence-corrected chi connectivity index (χ4v) is 3.40. The summed E-state index contributed by atoms with van der Waals surface area (Å²) in [4.78, 5) is 21.3. The van der Waals surface area contributed by atoms with Crippen LogP contribution in [0.2, 0.25) is 5.02 Å². The summed E-state index contributed by atoms with van der Waals surface area (Å²) in [6, 6.07) is 15.0. The Morgan fingerprint density at radius 1 is 1.03 bits per heavy atom. The number of nitrogens with zero attached hydrogens (tertiary/aromatic N) is 2. The Bertz CT molecular complexity index is 1210. The minimum absolute atomic E-state index is 0.0688. The van der Waals surface area contributed by atoms with Crippen molar-refractivity contribution in [1.29, 1.82) is 0 Å². The topological polar surface area (TPSA) is 54.9 Å². The molecule has 2 aromatic carbocycles.